The van der Waals surface area contributed by atoms with Crippen LogP contribution in [0, 0.1) is 0 Å². The molecule has 17 heavy (non-hydrogen) atoms. The normalized spacial score (nSPS) is 11.1. The number of carbonyl (C=O) groups is 1. The quantitative estimate of drug-likeness (QED) is 0.770. The molecule has 0 aliphatic heterocycles. The second kappa shape index (κ2) is 5.09. The maximum Gasteiger partial charge on any atom is 0.376 e. The van der Waals surface area contributed by atoms with Crippen LogP contribution in [-0.2, 0) is 4.74 Å². The number of carbonyl (C=O) groups excluding carboxylic acids is 1. The molecular formula is C11H17N3O3. The van der Waals surface area contributed by atoms with Gasteiger partial charge in [0, 0.05) is 13.2 Å². The van der Waals surface area contributed by atoms with Crippen molar-refractivity contribution in [2.24, 2.45) is 0 Å². The fourth-order valence-electron chi connectivity index (χ4n) is 1.14. The molecule has 0 atom stereocenters. The Bertz CT molecular complexity index is 407. The van der Waals surface area contributed by atoms with Crippen molar-refractivity contribution < 1.29 is 14.6 Å². The fourth-order valence-corrected chi connectivity index (χ4v) is 1.14. The molecule has 0 saturated carbocycles. The molecule has 1 aromatic rings. The number of hydrogen-bond acceptors (Lipinski definition) is 6. The minimum Gasteiger partial charge on any atom is -0.463 e. The second-order valence-electron chi connectivity index (χ2n) is 4.26. The van der Waals surface area contributed by atoms with Gasteiger partial charge in [-0.1, -0.05) is 0 Å². The van der Waals surface area contributed by atoms with Gasteiger partial charge in [-0.05, 0) is 19.9 Å². The highest BCUT2D eigenvalue weighted by Gasteiger charge is 2.24. The summed E-state index contributed by atoms with van der Waals surface area (Å²) in [6.07, 6.45) is 1.48. The van der Waals surface area contributed by atoms with E-state index < -0.39 is 11.5 Å². The topological polar surface area (TPSA) is 75.5 Å². The molecule has 6 heteroatoms. The van der Waals surface area contributed by atoms with Crippen LogP contribution in [0.15, 0.2) is 12.3 Å². The summed E-state index contributed by atoms with van der Waals surface area (Å²) in [6, 6.07) is 1.67. The molecule has 94 valence electrons. The van der Waals surface area contributed by atoms with E-state index in [0.717, 1.165) is 0 Å². The van der Waals surface area contributed by atoms with Gasteiger partial charge in [0.05, 0.1) is 19.3 Å². The number of aliphatic hydroxyl groups is 1. The molecule has 0 aliphatic carbocycles. The average Bonchev–Trinajstić information content (AvgIpc) is 2.36. The van der Waals surface area contributed by atoms with Gasteiger partial charge in [-0.2, -0.15) is 0 Å². The van der Waals surface area contributed by atoms with Crippen molar-refractivity contribution in [3.63, 3.8) is 0 Å². The van der Waals surface area contributed by atoms with E-state index in [2.05, 4.69) is 14.7 Å². The first kappa shape index (κ1) is 13.4. The Morgan fingerprint density at radius 3 is 2.76 bits per heavy atom. The summed E-state index contributed by atoms with van der Waals surface area (Å²) in [4.78, 5) is 21.0. The molecule has 1 N–H and O–H groups in total. The van der Waals surface area contributed by atoms with E-state index in [4.69, 9.17) is 0 Å². The third-order valence-electron chi connectivity index (χ3n) is 2.65. The van der Waals surface area contributed by atoms with Crippen molar-refractivity contribution in [1.82, 2.24) is 9.97 Å². The highest BCUT2D eigenvalue weighted by molar-refractivity contribution is 5.85. The molecule has 0 fully saturated rings. The Hall–Kier alpha value is -1.69. The summed E-state index contributed by atoms with van der Waals surface area (Å²) in [5, 5.41) is 9.27. The molecular weight excluding hydrogens is 222 g/mol. The maximum absolute atomic E-state index is 11.3. The van der Waals surface area contributed by atoms with E-state index in [1.54, 1.807) is 18.0 Å². The number of nitrogens with zero attached hydrogens (tertiary/aromatic N) is 3. The molecule has 6 nitrogen and oxygen atoms in total. The van der Waals surface area contributed by atoms with E-state index in [-0.39, 0.29) is 12.4 Å². The smallest absolute Gasteiger partial charge is 0.376 e. The first-order valence-corrected chi connectivity index (χ1v) is 5.18. The SMILES string of the molecule is COC(=O)c1nccc(N(C)C(C)(C)CO)n1. The molecule has 1 rings (SSSR count). The number of esters is 1. The van der Waals surface area contributed by atoms with E-state index in [0.29, 0.717) is 5.82 Å². The first-order valence-electron chi connectivity index (χ1n) is 5.18. The maximum atomic E-state index is 11.3. The van der Waals surface area contributed by atoms with E-state index in [9.17, 15) is 9.90 Å². The third-order valence-corrected chi connectivity index (χ3v) is 2.65. The second-order valence-corrected chi connectivity index (χ2v) is 4.26. The summed E-state index contributed by atoms with van der Waals surface area (Å²) in [5.41, 5.74) is -0.470. The summed E-state index contributed by atoms with van der Waals surface area (Å²) in [6.45, 7) is 3.71. The van der Waals surface area contributed by atoms with Crippen molar-refractivity contribution in [1.29, 1.82) is 0 Å². The van der Waals surface area contributed by atoms with E-state index in [1.165, 1.54) is 13.3 Å². The zero-order chi connectivity index (χ0) is 13.1. The van der Waals surface area contributed by atoms with Gasteiger partial charge in [0.1, 0.15) is 5.82 Å². The highest BCUT2D eigenvalue weighted by atomic mass is 16.5. The van der Waals surface area contributed by atoms with Crippen molar-refractivity contribution >= 4 is 11.8 Å². The third kappa shape index (κ3) is 2.91. The minimum atomic E-state index is -0.581. The zero-order valence-electron chi connectivity index (χ0n) is 10.5. The molecule has 0 radical (unpaired) electrons. The van der Waals surface area contributed by atoms with Gasteiger partial charge >= 0.3 is 5.97 Å². The lowest BCUT2D eigenvalue weighted by atomic mass is 10.1. The predicted octanol–water partition coefficient (Wildman–Crippen LogP) is 0.470. The lowest BCUT2D eigenvalue weighted by Gasteiger charge is -2.34. The number of aromatic nitrogens is 2. The molecule has 0 saturated heterocycles. The van der Waals surface area contributed by atoms with E-state index >= 15 is 0 Å². The average molecular weight is 239 g/mol. The Balaban J connectivity index is 3.03. The number of rotatable bonds is 4. The van der Waals surface area contributed by atoms with Gasteiger partial charge in [-0.25, -0.2) is 14.8 Å². The first-order chi connectivity index (χ1) is 7.92. The van der Waals surface area contributed by atoms with Crippen LogP contribution in [0.2, 0.25) is 0 Å². The minimum absolute atomic E-state index is 0.00518. The van der Waals surface area contributed by atoms with Gasteiger partial charge in [0.15, 0.2) is 0 Å². The van der Waals surface area contributed by atoms with Gasteiger partial charge in [0.2, 0.25) is 5.82 Å². The number of likely N-dealkylation sites (N-methyl/N-ethyl adjacent to an activating group) is 1. The number of ether oxygens (including phenoxy) is 1. The predicted molar refractivity (Wildman–Crippen MR) is 62.9 cm³/mol. The summed E-state index contributed by atoms with van der Waals surface area (Å²) >= 11 is 0. The van der Waals surface area contributed by atoms with Crippen LogP contribution in [0.4, 0.5) is 5.82 Å². The van der Waals surface area contributed by atoms with Gasteiger partial charge < -0.3 is 14.7 Å². The van der Waals surface area contributed by atoms with Crippen LogP contribution in [0.1, 0.15) is 24.5 Å². The molecule has 1 heterocycles. The number of aliphatic hydroxyl groups excluding tert-OH is 1. The van der Waals surface area contributed by atoms with Crippen LogP contribution < -0.4 is 4.90 Å². The molecule has 1 aromatic heterocycles. The Kier molecular flexibility index (Phi) is 4.01. The van der Waals surface area contributed by atoms with Crippen molar-refractivity contribution in [2.75, 3.05) is 25.7 Å². The molecule has 0 amide bonds. The van der Waals surface area contributed by atoms with Gasteiger partial charge in [-0.15, -0.1) is 0 Å². The number of hydrogen-bond donors (Lipinski definition) is 1. The highest BCUT2D eigenvalue weighted by Crippen LogP contribution is 2.19. The molecule has 0 aromatic carbocycles. The molecule has 0 bridgehead atoms. The Morgan fingerprint density at radius 2 is 2.24 bits per heavy atom. The van der Waals surface area contributed by atoms with Crippen molar-refractivity contribution in [3.05, 3.63) is 18.1 Å². The van der Waals surface area contributed by atoms with Gasteiger partial charge in [-0.3, -0.25) is 0 Å². The zero-order valence-corrected chi connectivity index (χ0v) is 10.5. The standard InChI is InChI=1S/C11H17N3O3/c1-11(2,7-15)14(3)8-5-6-12-9(13-8)10(16)17-4/h5-6,15H,7H2,1-4H3. The molecule has 0 unspecified atom stereocenters. The molecule has 0 spiro atoms. The lowest BCUT2D eigenvalue weighted by Crippen LogP contribution is -2.45. The van der Waals surface area contributed by atoms with Crippen LogP contribution >= 0.6 is 0 Å². The van der Waals surface area contributed by atoms with Crippen LogP contribution in [0.5, 0.6) is 0 Å². The van der Waals surface area contributed by atoms with Gasteiger partial charge in [0.25, 0.3) is 0 Å². The monoisotopic (exact) mass is 239 g/mol. The van der Waals surface area contributed by atoms with Crippen LogP contribution in [-0.4, -0.2) is 47.3 Å². The summed E-state index contributed by atoms with van der Waals surface area (Å²) in [7, 11) is 3.07. The summed E-state index contributed by atoms with van der Waals surface area (Å²) < 4.78 is 4.55. The van der Waals surface area contributed by atoms with Crippen LogP contribution in [0.25, 0.3) is 0 Å². The Labute approximate surface area is 100 Å². The largest absolute Gasteiger partial charge is 0.463 e. The summed E-state index contributed by atoms with van der Waals surface area (Å²) in [5.74, 6) is -0.0212. The van der Waals surface area contributed by atoms with Crippen molar-refractivity contribution in [3.8, 4) is 0 Å². The van der Waals surface area contributed by atoms with Crippen molar-refractivity contribution in [2.45, 2.75) is 19.4 Å². The van der Waals surface area contributed by atoms with E-state index in [1.807, 2.05) is 13.8 Å². The lowest BCUT2D eigenvalue weighted by molar-refractivity contribution is 0.0586. The number of anilines is 1. The Morgan fingerprint density at radius 1 is 1.59 bits per heavy atom. The van der Waals surface area contributed by atoms with Crippen LogP contribution in [0.3, 0.4) is 0 Å². The number of methoxy groups -OCH3 is 1. The fraction of sp³-hybridized carbons (Fsp3) is 0.545. The molecule has 0 aliphatic rings.